The number of allylic oxidation sites excluding steroid dienone is 1. The summed E-state index contributed by atoms with van der Waals surface area (Å²) in [4.78, 5) is 10.1. The highest BCUT2D eigenvalue weighted by Gasteiger charge is 2.20. The van der Waals surface area contributed by atoms with Crippen molar-refractivity contribution < 1.29 is 13.3 Å². The Bertz CT molecular complexity index is 680. The molecule has 6 nitrogen and oxygen atoms in total. The Hall–Kier alpha value is -1.73. The molecular formula is C14H18N2O4S. The van der Waals surface area contributed by atoms with Crippen LogP contribution >= 0.6 is 0 Å². The number of sulfonamides is 1. The molecule has 0 spiro atoms. The maximum absolute atomic E-state index is 12.3. The monoisotopic (exact) mass is 310 g/mol. The Morgan fingerprint density at radius 3 is 2.71 bits per heavy atom. The van der Waals surface area contributed by atoms with Gasteiger partial charge in [0.25, 0.3) is 5.69 Å². The lowest BCUT2D eigenvalue weighted by Gasteiger charge is -2.14. The molecule has 1 N–H and O–H groups in total. The van der Waals surface area contributed by atoms with Crippen molar-refractivity contribution in [2.24, 2.45) is 0 Å². The predicted octanol–water partition coefficient (Wildman–Crippen LogP) is 2.68. The van der Waals surface area contributed by atoms with Gasteiger partial charge in [0.15, 0.2) is 0 Å². The molecule has 21 heavy (non-hydrogen) atoms. The molecule has 2 rings (SSSR count). The van der Waals surface area contributed by atoms with Crippen molar-refractivity contribution in [3.8, 4) is 0 Å². The maximum Gasteiger partial charge on any atom is 0.270 e. The molecule has 0 unspecified atom stereocenters. The number of rotatable bonds is 5. The molecule has 0 saturated heterocycles. The third-order valence-corrected chi connectivity index (χ3v) is 5.09. The lowest BCUT2D eigenvalue weighted by atomic mass is 10.0. The Morgan fingerprint density at radius 2 is 2.10 bits per heavy atom. The van der Waals surface area contributed by atoms with Crippen molar-refractivity contribution in [2.45, 2.75) is 37.5 Å². The van der Waals surface area contributed by atoms with Crippen molar-refractivity contribution in [3.05, 3.63) is 45.5 Å². The first-order valence-electron chi connectivity index (χ1n) is 6.83. The summed E-state index contributed by atoms with van der Waals surface area (Å²) in [5, 5.41) is 10.8. The van der Waals surface area contributed by atoms with E-state index in [-0.39, 0.29) is 17.1 Å². The maximum atomic E-state index is 12.3. The minimum atomic E-state index is -3.74. The lowest BCUT2D eigenvalue weighted by molar-refractivity contribution is -0.385. The summed E-state index contributed by atoms with van der Waals surface area (Å²) >= 11 is 0. The highest BCUT2D eigenvalue weighted by Crippen LogP contribution is 2.22. The first-order valence-corrected chi connectivity index (χ1v) is 8.31. The number of nitrogens with one attached hydrogen (secondary N) is 1. The number of nitro benzene ring substituents is 1. The van der Waals surface area contributed by atoms with E-state index in [1.807, 2.05) is 0 Å². The number of nitrogens with zero attached hydrogens (tertiary/aromatic N) is 1. The van der Waals surface area contributed by atoms with Crippen molar-refractivity contribution in [2.75, 3.05) is 6.54 Å². The topological polar surface area (TPSA) is 89.3 Å². The molecule has 0 aromatic heterocycles. The summed E-state index contributed by atoms with van der Waals surface area (Å²) in [7, 11) is -3.74. The molecule has 1 aliphatic rings. The summed E-state index contributed by atoms with van der Waals surface area (Å²) in [5.41, 5.74) is 1.34. The molecule has 0 radical (unpaired) electrons. The summed E-state index contributed by atoms with van der Waals surface area (Å²) in [6.07, 6.45) is 6.15. The van der Waals surface area contributed by atoms with Gasteiger partial charge < -0.3 is 0 Å². The number of nitro groups is 1. The quantitative estimate of drug-likeness (QED) is 0.514. The molecular weight excluding hydrogens is 292 g/mol. The Kier molecular flexibility index (Phi) is 4.74. The Morgan fingerprint density at radius 1 is 1.33 bits per heavy atom. The lowest BCUT2D eigenvalue weighted by Crippen LogP contribution is -2.27. The fourth-order valence-corrected chi connectivity index (χ4v) is 3.62. The van der Waals surface area contributed by atoms with Crippen LogP contribution in [0.5, 0.6) is 0 Å². The first kappa shape index (κ1) is 15.7. The van der Waals surface area contributed by atoms with E-state index in [1.54, 1.807) is 6.92 Å². The zero-order chi connectivity index (χ0) is 15.5. The van der Waals surface area contributed by atoms with Crippen LogP contribution in [0.25, 0.3) is 0 Å². The van der Waals surface area contributed by atoms with Gasteiger partial charge in [0.05, 0.1) is 9.82 Å². The van der Waals surface area contributed by atoms with Gasteiger partial charge in [0.1, 0.15) is 0 Å². The van der Waals surface area contributed by atoms with Crippen LogP contribution in [0.1, 0.15) is 31.2 Å². The van der Waals surface area contributed by atoms with E-state index < -0.39 is 14.9 Å². The smallest absolute Gasteiger partial charge is 0.258 e. The molecule has 0 heterocycles. The van der Waals surface area contributed by atoms with Crippen molar-refractivity contribution in [3.63, 3.8) is 0 Å². The molecule has 114 valence electrons. The zero-order valence-corrected chi connectivity index (χ0v) is 12.6. The average molecular weight is 310 g/mol. The van der Waals surface area contributed by atoms with Gasteiger partial charge in [0.2, 0.25) is 10.0 Å². The summed E-state index contributed by atoms with van der Waals surface area (Å²) in [6, 6.07) is 3.86. The van der Waals surface area contributed by atoms with Crippen LogP contribution in [-0.4, -0.2) is 19.9 Å². The first-order chi connectivity index (χ1) is 9.90. The van der Waals surface area contributed by atoms with Gasteiger partial charge in [-0.25, -0.2) is 13.1 Å². The number of benzene rings is 1. The SMILES string of the molecule is Cc1ccc([N+](=O)[O-])cc1S(=O)(=O)NCC1=CCCCC1. The molecule has 0 atom stereocenters. The van der Waals surface area contributed by atoms with Gasteiger partial charge in [-0.15, -0.1) is 0 Å². The number of hydrogen-bond acceptors (Lipinski definition) is 4. The molecule has 7 heteroatoms. The number of aryl methyl sites for hydroxylation is 1. The average Bonchev–Trinajstić information content (AvgIpc) is 2.46. The van der Waals surface area contributed by atoms with Gasteiger partial charge in [-0.3, -0.25) is 10.1 Å². The van der Waals surface area contributed by atoms with Crippen LogP contribution in [-0.2, 0) is 10.0 Å². The second-order valence-corrected chi connectivity index (χ2v) is 6.87. The zero-order valence-electron chi connectivity index (χ0n) is 11.8. The highest BCUT2D eigenvalue weighted by molar-refractivity contribution is 7.89. The second kappa shape index (κ2) is 6.36. The molecule has 1 aromatic rings. The van der Waals surface area contributed by atoms with Crippen LogP contribution in [0.4, 0.5) is 5.69 Å². The predicted molar refractivity (Wildman–Crippen MR) is 79.6 cm³/mol. The van der Waals surface area contributed by atoms with Gasteiger partial charge >= 0.3 is 0 Å². The van der Waals surface area contributed by atoms with Gasteiger partial charge in [-0.05, 0) is 38.2 Å². The van der Waals surface area contributed by atoms with Crippen LogP contribution in [0.3, 0.4) is 0 Å². The van der Waals surface area contributed by atoms with Gasteiger partial charge in [0, 0.05) is 18.7 Å². The second-order valence-electron chi connectivity index (χ2n) is 5.14. The van der Waals surface area contributed by atoms with E-state index in [0.717, 1.165) is 37.3 Å². The van der Waals surface area contributed by atoms with E-state index >= 15 is 0 Å². The minimum absolute atomic E-state index is 0.0342. The van der Waals surface area contributed by atoms with Crippen molar-refractivity contribution in [1.82, 2.24) is 4.72 Å². The van der Waals surface area contributed by atoms with Crippen molar-refractivity contribution >= 4 is 15.7 Å². The molecule has 0 aliphatic heterocycles. The van der Waals surface area contributed by atoms with Crippen LogP contribution in [0.15, 0.2) is 34.7 Å². The normalized spacial score (nSPS) is 15.6. The molecule has 0 bridgehead atoms. The summed E-state index contributed by atoms with van der Waals surface area (Å²) in [6.45, 7) is 1.89. The number of hydrogen-bond donors (Lipinski definition) is 1. The van der Waals surface area contributed by atoms with E-state index in [4.69, 9.17) is 0 Å². The largest absolute Gasteiger partial charge is 0.270 e. The minimum Gasteiger partial charge on any atom is -0.258 e. The third kappa shape index (κ3) is 3.89. The summed E-state index contributed by atoms with van der Waals surface area (Å²) in [5.74, 6) is 0. The molecule has 0 amide bonds. The van der Waals surface area contributed by atoms with E-state index in [2.05, 4.69) is 10.8 Å². The van der Waals surface area contributed by atoms with Gasteiger partial charge in [-0.2, -0.15) is 0 Å². The highest BCUT2D eigenvalue weighted by atomic mass is 32.2. The number of non-ortho nitro benzene ring substituents is 1. The summed E-state index contributed by atoms with van der Waals surface area (Å²) < 4.78 is 27.2. The van der Waals surface area contributed by atoms with Crippen LogP contribution < -0.4 is 4.72 Å². The Labute approximate surface area is 124 Å². The van der Waals surface area contributed by atoms with E-state index in [9.17, 15) is 18.5 Å². The fraction of sp³-hybridized carbons (Fsp3) is 0.429. The van der Waals surface area contributed by atoms with Crippen LogP contribution in [0, 0.1) is 17.0 Å². The Balaban J connectivity index is 2.20. The molecule has 1 aliphatic carbocycles. The molecule has 0 fully saturated rings. The standard InChI is InChI=1S/C14H18N2O4S/c1-11-7-8-13(16(17)18)9-14(11)21(19,20)15-10-12-5-3-2-4-6-12/h5,7-9,15H,2-4,6,10H2,1H3. The van der Waals surface area contributed by atoms with Crippen LogP contribution in [0.2, 0.25) is 0 Å². The van der Waals surface area contributed by atoms with Crippen molar-refractivity contribution in [1.29, 1.82) is 0 Å². The fourth-order valence-electron chi connectivity index (χ4n) is 2.32. The van der Waals surface area contributed by atoms with E-state index in [1.165, 1.54) is 12.1 Å². The van der Waals surface area contributed by atoms with E-state index in [0.29, 0.717) is 5.56 Å². The van der Waals surface area contributed by atoms with Gasteiger partial charge in [-0.1, -0.05) is 17.7 Å². The molecule has 1 aromatic carbocycles. The third-order valence-electron chi connectivity index (χ3n) is 3.55. The molecule has 0 saturated carbocycles.